The van der Waals surface area contributed by atoms with Gasteiger partial charge in [0.1, 0.15) is 11.5 Å². The molecule has 0 aliphatic carbocycles. The summed E-state index contributed by atoms with van der Waals surface area (Å²) < 4.78 is 10.1. The molecule has 146 valence electrons. The molecular weight excluding hydrogens is 368 g/mol. The van der Waals surface area contributed by atoms with Gasteiger partial charge in [-0.05, 0) is 29.8 Å². The molecule has 0 spiro atoms. The molecule has 2 heterocycles. The molecule has 1 atom stereocenters. The SMILES string of the molecule is COC(=O)Nc1cccc(C[C@H](N)c2ccccc2-c2noc3ccccc23)n1. The van der Waals surface area contributed by atoms with Gasteiger partial charge >= 0.3 is 6.09 Å². The molecule has 2 aromatic heterocycles. The minimum Gasteiger partial charge on any atom is -0.453 e. The van der Waals surface area contributed by atoms with Gasteiger partial charge in [-0.25, -0.2) is 9.78 Å². The Morgan fingerprint density at radius 2 is 1.90 bits per heavy atom. The zero-order chi connectivity index (χ0) is 20.2. The number of hydrogen-bond donors (Lipinski definition) is 2. The predicted octanol–water partition coefficient (Wildman–Crippen LogP) is 4.31. The summed E-state index contributed by atoms with van der Waals surface area (Å²) in [6, 6.07) is 20.7. The van der Waals surface area contributed by atoms with Crippen molar-refractivity contribution in [2.75, 3.05) is 12.4 Å². The predicted molar refractivity (Wildman–Crippen MR) is 110 cm³/mol. The number of methoxy groups -OCH3 is 1. The van der Waals surface area contributed by atoms with Gasteiger partial charge in [0.05, 0.1) is 7.11 Å². The van der Waals surface area contributed by atoms with Crippen molar-refractivity contribution in [1.29, 1.82) is 0 Å². The van der Waals surface area contributed by atoms with Gasteiger partial charge in [0.15, 0.2) is 5.58 Å². The molecule has 0 aliphatic rings. The number of nitrogens with one attached hydrogen (secondary N) is 1. The molecule has 2 aromatic carbocycles. The third-order valence-electron chi connectivity index (χ3n) is 4.64. The van der Waals surface area contributed by atoms with Crippen LogP contribution in [0.1, 0.15) is 17.3 Å². The Morgan fingerprint density at radius 1 is 1.10 bits per heavy atom. The molecule has 1 amide bonds. The van der Waals surface area contributed by atoms with Crippen LogP contribution >= 0.6 is 0 Å². The van der Waals surface area contributed by atoms with E-state index >= 15 is 0 Å². The Labute approximate surface area is 167 Å². The summed E-state index contributed by atoms with van der Waals surface area (Å²) >= 11 is 0. The van der Waals surface area contributed by atoms with Crippen molar-refractivity contribution in [3.8, 4) is 11.3 Å². The topological polar surface area (TPSA) is 103 Å². The number of fused-ring (bicyclic) bond motifs is 1. The number of nitrogens with two attached hydrogens (primary N) is 1. The number of carbonyl (C=O) groups excluding carboxylic acids is 1. The molecule has 0 unspecified atom stereocenters. The third kappa shape index (κ3) is 3.95. The van der Waals surface area contributed by atoms with Crippen LogP contribution in [0.5, 0.6) is 0 Å². The van der Waals surface area contributed by atoms with Crippen molar-refractivity contribution in [3.63, 3.8) is 0 Å². The lowest BCUT2D eigenvalue weighted by Crippen LogP contribution is -2.16. The van der Waals surface area contributed by atoms with E-state index in [1.54, 1.807) is 6.07 Å². The largest absolute Gasteiger partial charge is 0.453 e. The highest BCUT2D eigenvalue weighted by Gasteiger charge is 2.18. The van der Waals surface area contributed by atoms with Crippen LogP contribution in [0, 0.1) is 0 Å². The highest BCUT2D eigenvalue weighted by atomic mass is 16.5. The van der Waals surface area contributed by atoms with E-state index in [2.05, 4.69) is 20.2 Å². The molecule has 0 radical (unpaired) electrons. The van der Waals surface area contributed by atoms with Crippen LogP contribution in [0.15, 0.2) is 71.3 Å². The number of amides is 1. The number of pyridine rings is 1. The molecule has 4 aromatic rings. The van der Waals surface area contributed by atoms with E-state index in [1.807, 2.05) is 60.7 Å². The fourth-order valence-electron chi connectivity index (χ4n) is 3.27. The first-order chi connectivity index (χ1) is 14.2. The molecule has 0 aliphatic heterocycles. The van der Waals surface area contributed by atoms with E-state index in [0.717, 1.165) is 33.5 Å². The number of rotatable bonds is 5. The van der Waals surface area contributed by atoms with Crippen LogP contribution in [0.4, 0.5) is 10.6 Å². The summed E-state index contributed by atoms with van der Waals surface area (Å²) in [6.45, 7) is 0. The normalized spacial score (nSPS) is 11.9. The van der Waals surface area contributed by atoms with E-state index in [9.17, 15) is 4.79 Å². The van der Waals surface area contributed by atoms with Gasteiger partial charge in [-0.3, -0.25) is 5.32 Å². The summed E-state index contributed by atoms with van der Waals surface area (Å²) in [7, 11) is 1.31. The number of carbonyl (C=O) groups is 1. The first kappa shape index (κ1) is 18.6. The van der Waals surface area contributed by atoms with Crippen LogP contribution in [-0.4, -0.2) is 23.3 Å². The maximum absolute atomic E-state index is 11.4. The van der Waals surface area contributed by atoms with Gasteiger partial charge in [0.2, 0.25) is 0 Å². The second-order valence-corrected chi connectivity index (χ2v) is 6.56. The number of nitrogens with zero attached hydrogens (tertiary/aromatic N) is 2. The number of anilines is 1. The Hall–Kier alpha value is -3.71. The first-order valence-corrected chi connectivity index (χ1v) is 9.16. The number of para-hydroxylation sites is 1. The van der Waals surface area contributed by atoms with E-state index < -0.39 is 6.09 Å². The number of hydrogen-bond acceptors (Lipinski definition) is 6. The molecule has 7 heteroatoms. The Morgan fingerprint density at radius 3 is 2.76 bits per heavy atom. The average molecular weight is 388 g/mol. The number of aromatic nitrogens is 2. The van der Waals surface area contributed by atoms with E-state index in [4.69, 9.17) is 10.3 Å². The van der Waals surface area contributed by atoms with Crippen LogP contribution in [0.2, 0.25) is 0 Å². The second kappa shape index (κ2) is 8.12. The Balaban J connectivity index is 1.63. The lowest BCUT2D eigenvalue weighted by molar-refractivity contribution is 0.187. The molecule has 4 rings (SSSR count). The van der Waals surface area contributed by atoms with Crippen LogP contribution < -0.4 is 11.1 Å². The third-order valence-corrected chi connectivity index (χ3v) is 4.64. The molecule has 0 saturated carbocycles. The smallest absolute Gasteiger partial charge is 0.412 e. The van der Waals surface area contributed by atoms with Gasteiger partial charge in [0, 0.05) is 29.1 Å². The monoisotopic (exact) mass is 388 g/mol. The van der Waals surface area contributed by atoms with Crippen molar-refractivity contribution >= 4 is 22.9 Å². The summed E-state index contributed by atoms with van der Waals surface area (Å²) in [6.07, 6.45) is -0.0778. The minimum absolute atomic E-state index is 0.317. The van der Waals surface area contributed by atoms with Crippen molar-refractivity contribution in [2.45, 2.75) is 12.5 Å². The second-order valence-electron chi connectivity index (χ2n) is 6.56. The van der Waals surface area contributed by atoms with Gasteiger partial charge in [-0.1, -0.05) is 47.6 Å². The van der Waals surface area contributed by atoms with Gasteiger partial charge in [-0.15, -0.1) is 0 Å². The van der Waals surface area contributed by atoms with Crippen molar-refractivity contribution < 1.29 is 14.1 Å². The average Bonchev–Trinajstić information content (AvgIpc) is 3.18. The van der Waals surface area contributed by atoms with Gasteiger partial charge < -0.3 is 15.0 Å². The molecule has 29 heavy (non-hydrogen) atoms. The summed E-state index contributed by atoms with van der Waals surface area (Å²) in [5.74, 6) is 0.414. The van der Waals surface area contributed by atoms with Crippen LogP contribution in [0.3, 0.4) is 0 Å². The fourth-order valence-corrected chi connectivity index (χ4v) is 3.27. The van der Waals surface area contributed by atoms with E-state index in [0.29, 0.717) is 12.2 Å². The number of benzene rings is 2. The Bertz CT molecular complexity index is 1160. The minimum atomic E-state index is -0.567. The zero-order valence-electron chi connectivity index (χ0n) is 15.8. The Kier molecular flexibility index (Phi) is 5.22. The van der Waals surface area contributed by atoms with Crippen molar-refractivity contribution in [2.24, 2.45) is 5.73 Å². The van der Waals surface area contributed by atoms with Crippen molar-refractivity contribution in [3.05, 3.63) is 78.0 Å². The summed E-state index contributed by atoms with van der Waals surface area (Å²) in [5.41, 5.74) is 10.7. The summed E-state index contributed by atoms with van der Waals surface area (Å²) in [4.78, 5) is 15.8. The molecule has 0 saturated heterocycles. The zero-order valence-corrected chi connectivity index (χ0v) is 15.8. The molecule has 0 fully saturated rings. The summed E-state index contributed by atoms with van der Waals surface area (Å²) in [5, 5.41) is 7.77. The van der Waals surface area contributed by atoms with Gasteiger partial charge in [-0.2, -0.15) is 0 Å². The fraction of sp³-hybridized carbons (Fsp3) is 0.136. The quantitative estimate of drug-likeness (QED) is 0.528. The van der Waals surface area contributed by atoms with Crippen molar-refractivity contribution in [1.82, 2.24) is 10.1 Å². The van der Waals surface area contributed by atoms with Crippen LogP contribution in [0.25, 0.3) is 22.2 Å². The molecular formula is C22H20N4O3. The molecule has 7 nitrogen and oxygen atoms in total. The molecule has 0 bridgehead atoms. The lowest BCUT2D eigenvalue weighted by Gasteiger charge is -2.16. The molecule has 3 N–H and O–H groups in total. The maximum atomic E-state index is 11.4. The first-order valence-electron chi connectivity index (χ1n) is 9.16. The van der Waals surface area contributed by atoms with Gasteiger partial charge in [0.25, 0.3) is 0 Å². The van der Waals surface area contributed by atoms with E-state index in [1.165, 1.54) is 7.11 Å². The maximum Gasteiger partial charge on any atom is 0.412 e. The van der Waals surface area contributed by atoms with Crippen LogP contribution in [-0.2, 0) is 11.2 Å². The standard InChI is InChI=1S/C22H20N4O3/c1-28-22(27)25-20-12-6-7-14(24-20)13-18(23)15-8-2-3-9-16(15)21-17-10-4-5-11-19(17)29-26-21/h2-12,18H,13,23H2,1H3,(H,24,25,27)/t18-/m0/s1. The highest BCUT2D eigenvalue weighted by molar-refractivity contribution is 5.92. The highest BCUT2D eigenvalue weighted by Crippen LogP contribution is 2.33. The van der Waals surface area contributed by atoms with E-state index in [-0.39, 0.29) is 6.04 Å². The number of ether oxygens (including phenoxy) is 1. The lowest BCUT2D eigenvalue weighted by atomic mass is 9.94.